The summed E-state index contributed by atoms with van der Waals surface area (Å²) < 4.78 is 12.8. The molecule has 114 valence electrons. The van der Waals surface area contributed by atoms with E-state index in [4.69, 9.17) is 0 Å². The highest BCUT2D eigenvalue weighted by Crippen LogP contribution is 2.07. The Balaban J connectivity index is 1.98. The van der Waals surface area contributed by atoms with Gasteiger partial charge in [-0.15, -0.1) is 0 Å². The molecule has 0 spiro atoms. The molecular weight excluding hydrogens is 285 g/mol. The number of carbonyl (C=O) groups is 2. The predicted molar refractivity (Wildman–Crippen MR) is 80.1 cm³/mol. The van der Waals surface area contributed by atoms with Crippen LogP contribution in [-0.2, 0) is 11.2 Å². The number of carbonyl (C=O) groups excluding carboxylic acids is 1. The average molecular weight is 301 g/mol. The highest BCUT2D eigenvalue weighted by Gasteiger charge is 2.20. The fraction of sp³-hybridized carbons (Fsp3) is 0.176. The van der Waals surface area contributed by atoms with Crippen LogP contribution in [0.5, 0.6) is 0 Å². The van der Waals surface area contributed by atoms with E-state index in [1.54, 1.807) is 0 Å². The van der Waals surface area contributed by atoms with Crippen molar-refractivity contribution in [3.63, 3.8) is 0 Å². The summed E-state index contributed by atoms with van der Waals surface area (Å²) in [4.78, 5) is 23.3. The van der Waals surface area contributed by atoms with Gasteiger partial charge in [0.15, 0.2) is 0 Å². The maximum Gasteiger partial charge on any atom is 0.326 e. The van der Waals surface area contributed by atoms with Crippen LogP contribution in [0.3, 0.4) is 0 Å². The van der Waals surface area contributed by atoms with Gasteiger partial charge >= 0.3 is 5.97 Å². The first-order valence-electron chi connectivity index (χ1n) is 6.89. The number of benzene rings is 2. The van der Waals surface area contributed by atoms with Gasteiger partial charge in [-0.3, -0.25) is 4.79 Å². The summed E-state index contributed by atoms with van der Waals surface area (Å²) >= 11 is 0. The Morgan fingerprint density at radius 1 is 1.05 bits per heavy atom. The molecule has 0 radical (unpaired) electrons. The summed E-state index contributed by atoms with van der Waals surface area (Å²) in [7, 11) is 0. The zero-order valence-electron chi connectivity index (χ0n) is 11.8. The molecule has 22 heavy (non-hydrogen) atoms. The van der Waals surface area contributed by atoms with Gasteiger partial charge in [0.2, 0.25) is 0 Å². The summed E-state index contributed by atoms with van der Waals surface area (Å²) in [5, 5.41) is 11.7. The van der Waals surface area contributed by atoms with Crippen molar-refractivity contribution in [2.45, 2.75) is 18.9 Å². The molecule has 2 N–H and O–H groups in total. The largest absolute Gasteiger partial charge is 0.480 e. The Morgan fingerprint density at radius 3 is 2.27 bits per heavy atom. The number of carboxylic acids is 1. The van der Waals surface area contributed by atoms with E-state index in [-0.39, 0.29) is 12.0 Å². The van der Waals surface area contributed by atoms with Gasteiger partial charge in [0.05, 0.1) is 0 Å². The fourth-order valence-corrected chi connectivity index (χ4v) is 2.06. The molecule has 0 aliphatic carbocycles. The van der Waals surface area contributed by atoms with E-state index in [1.807, 2.05) is 30.3 Å². The molecule has 2 aromatic rings. The van der Waals surface area contributed by atoms with Crippen LogP contribution < -0.4 is 5.32 Å². The van der Waals surface area contributed by atoms with Crippen molar-refractivity contribution in [2.24, 2.45) is 0 Å². The number of carboxylic acid groups (broad SMARTS) is 1. The fourth-order valence-electron chi connectivity index (χ4n) is 2.06. The van der Waals surface area contributed by atoms with E-state index in [9.17, 15) is 19.1 Å². The first-order valence-corrected chi connectivity index (χ1v) is 6.89. The lowest BCUT2D eigenvalue weighted by atomic mass is 10.0. The number of hydrogen-bond acceptors (Lipinski definition) is 2. The van der Waals surface area contributed by atoms with E-state index in [0.717, 1.165) is 17.7 Å². The van der Waals surface area contributed by atoms with Crippen LogP contribution in [0, 0.1) is 5.82 Å². The van der Waals surface area contributed by atoms with Gasteiger partial charge in [0.1, 0.15) is 11.9 Å². The number of amides is 1. The number of halogens is 1. The third-order valence-electron chi connectivity index (χ3n) is 3.27. The van der Waals surface area contributed by atoms with Gasteiger partial charge in [0, 0.05) is 5.56 Å². The lowest BCUT2D eigenvalue weighted by Crippen LogP contribution is -2.41. The van der Waals surface area contributed by atoms with Crippen LogP contribution in [0.2, 0.25) is 0 Å². The molecule has 0 saturated heterocycles. The van der Waals surface area contributed by atoms with Crippen molar-refractivity contribution in [2.75, 3.05) is 0 Å². The molecule has 0 bridgehead atoms. The quantitative estimate of drug-likeness (QED) is 0.862. The van der Waals surface area contributed by atoms with Crippen molar-refractivity contribution in [3.8, 4) is 0 Å². The van der Waals surface area contributed by atoms with Crippen LogP contribution in [-0.4, -0.2) is 23.0 Å². The van der Waals surface area contributed by atoms with Gasteiger partial charge in [-0.25, -0.2) is 9.18 Å². The van der Waals surface area contributed by atoms with E-state index in [2.05, 4.69) is 5.32 Å². The smallest absolute Gasteiger partial charge is 0.326 e. The van der Waals surface area contributed by atoms with Crippen LogP contribution >= 0.6 is 0 Å². The zero-order chi connectivity index (χ0) is 15.9. The summed E-state index contributed by atoms with van der Waals surface area (Å²) in [5.74, 6) is -2.07. The second-order valence-corrected chi connectivity index (χ2v) is 4.90. The van der Waals surface area contributed by atoms with Crippen molar-refractivity contribution in [3.05, 3.63) is 71.5 Å². The maximum atomic E-state index is 12.8. The molecule has 2 rings (SSSR count). The monoisotopic (exact) mass is 301 g/mol. The summed E-state index contributed by atoms with van der Waals surface area (Å²) in [6, 6.07) is 13.4. The molecule has 5 heteroatoms. The Hall–Kier alpha value is -2.69. The molecule has 2 aromatic carbocycles. The molecule has 1 atom stereocenters. The van der Waals surface area contributed by atoms with Gasteiger partial charge in [0.25, 0.3) is 5.91 Å². The molecule has 0 aliphatic heterocycles. The van der Waals surface area contributed by atoms with Gasteiger partial charge in [-0.1, -0.05) is 30.3 Å². The Kier molecular flexibility index (Phi) is 5.25. The third-order valence-corrected chi connectivity index (χ3v) is 3.27. The molecule has 0 unspecified atom stereocenters. The standard InChI is InChI=1S/C17H16FNO3/c18-14-9-7-13(8-10-14)16(20)19-15(17(21)22)11-6-12-4-2-1-3-5-12/h1-5,7-10,15H,6,11H2,(H,19,20)(H,21,22)/t15-/m0/s1. The molecule has 0 heterocycles. The van der Waals surface area contributed by atoms with Crippen LogP contribution in [0.1, 0.15) is 22.3 Å². The molecule has 0 aromatic heterocycles. The van der Waals surface area contributed by atoms with Crippen molar-refractivity contribution < 1.29 is 19.1 Å². The third kappa shape index (κ3) is 4.41. The Labute approximate surface area is 127 Å². The van der Waals surface area contributed by atoms with Gasteiger partial charge < -0.3 is 10.4 Å². The molecule has 0 fully saturated rings. The molecular formula is C17H16FNO3. The number of hydrogen-bond donors (Lipinski definition) is 2. The molecule has 0 aliphatic rings. The minimum Gasteiger partial charge on any atom is -0.480 e. The number of nitrogens with one attached hydrogen (secondary N) is 1. The lowest BCUT2D eigenvalue weighted by Gasteiger charge is -2.14. The Bertz CT molecular complexity index is 641. The summed E-state index contributed by atoms with van der Waals surface area (Å²) in [6.07, 6.45) is 0.827. The SMILES string of the molecule is O=C(N[C@@H](CCc1ccccc1)C(=O)O)c1ccc(F)cc1. The van der Waals surface area contributed by atoms with E-state index in [1.165, 1.54) is 12.1 Å². The Morgan fingerprint density at radius 2 is 1.68 bits per heavy atom. The number of aliphatic carboxylic acids is 1. The van der Waals surface area contributed by atoms with Crippen LogP contribution in [0.25, 0.3) is 0 Å². The minimum atomic E-state index is -1.09. The van der Waals surface area contributed by atoms with E-state index < -0.39 is 23.7 Å². The van der Waals surface area contributed by atoms with Crippen molar-refractivity contribution in [1.29, 1.82) is 0 Å². The summed E-state index contributed by atoms with van der Waals surface area (Å²) in [6.45, 7) is 0. The normalized spacial score (nSPS) is 11.7. The highest BCUT2D eigenvalue weighted by atomic mass is 19.1. The first kappa shape index (κ1) is 15.7. The van der Waals surface area contributed by atoms with Gasteiger partial charge in [-0.2, -0.15) is 0 Å². The topological polar surface area (TPSA) is 66.4 Å². The zero-order valence-corrected chi connectivity index (χ0v) is 11.8. The van der Waals surface area contributed by atoms with Crippen LogP contribution in [0.4, 0.5) is 4.39 Å². The number of aryl methyl sites for hydroxylation is 1. The van der Waals surface area contributed by atoms with Gasteiger partial charge in [-0.05, 0) is 42.7 Å². The van der Waals surface area contributed by atoms with E-state index in [0.29, 0.717) is 6.42 Å². The lowest BCUT2D eigenvalue weighted by molar-refractivity contribution is -0.139. The molecule has 1 amide bonds. The maximum absolute atomic E-state index is 12.8. The van der Waals surface area contributed by atoms with Crippen molar-refractivity contribution in [1.82, 2.24) is 5.32 Å². The second-order valence-electron chi connectivity index (χ2n) is 4.90. The minimum absolute atomic E-state index is 0.229. The molecule has 0 saturated carbocycles. The average Bonchev–Trinajstić information content (AvgIpc) is 2.52. The molecule has 4 nitrogen and oxygen atoms in total. The first-order chi connectivity index (χ1) is 10.6. The predicted octanol–water partition coefficient (Wildman–Crippen LogP) is 2.64. The van der Waals surface area contributed by atoms with Crippen LogP contribution in [0.15, 0.2) is 54.6 Å². The van der Waals surface area contributed by atoms with Crippen molar-refractivity contribution >= 4 is 11.9 Å². The second kappa shape index (κ2) is 7.36. The highest BCUT2D eigenvalue weighted by molar-refractivity contribution is 5.96. The van der Waals surface area contributed by atoms with E-state index >= 15 is 0 Å². The summed E-state index contributed by atoms with van der Waals surface area (Å²) in [5.41, 5.74) is 1.23. The number of rotatable bonds is 6.